The van der Waals surface area contributed by atoms with Crippen molar-refractivity contribution >= 4 is 16.0 Å². The van der Waals surface area contributed by atoms with Crippen LogP contribution in [0.1, 0.15) is 21.7 Å². The molecule has 1 aliphatic heterocycles. The molecular formula is C16H18N2O5S. The van der Waals surface area contributed by atoms with Crippen molar-refractivity contribution in [1.82, 2.24) is 8.87 Å². The van der Waals surface area contributed by atoms with Gasteiger partial charge in [0, 0.05) is 19.3 Å². The van der Waals surface area contributed by atoms with Gasteiger partial charge in [-0.15, -0.1) is 0 Å². The molecule has 8 heteroatoms. The fourth-order valence-corrected chi connectivity index (χ4v) is 4.33. The molecular weight excluding hydrogens is 332 g/mol. The normalized spacial score (nSPS) is 15.1. The second kappa shape index (κ2) is 5.95. The molecule has 1 aromatic carbocycles. The lowest BCUT2D eigenvalue weighted by molar-refractivity contribution is 0.0686. The number of fused-ring (bicyclic) bond motifs is 1. The number of sulfonamides is 1. The predicted molar refractivity (Wildman–Crippen MR) is 86.7 cm³/mol. The summed E-state index contributed by atoms with van der Waals surface area (Å²) in [5, 5.41) is 9.20. The Kier molecular flexibility index (Phi) is 4.10. The van der Waals surface area contributed by atoms with Crippen molar-refractivity contribution in [2.45, 2.75) is 17.9 Å². The van der Waals surface area contributed by atoms with Gasteiger partial charge in [0.2, 0.25) is 10.0 Å². The van der Waals surface area contributed by atoms with Crippen molar-refractivity contribution < 1.29 is 23.1 Å². The highest BCUT2D eigenvalue weighted by Crippen LogP contribution is 2.27. The summed E-state index contributed by atoms with van der Waals surface area (Å²) in [5.74, 6) is -0.431. The molecule has 0 aliphatic carbocycles. The number of aromatic carboxylic acids is 1. The van der Waals surface area contributed by atoms with Crippen LogP contribution in [0.15, 0.2) is 35.2 Å². The maximum absolute atomic E-state index is 12.8. The standard InChI is InChI=1S/C16H18N2O5S/c1-17-14(16(19)20)9-11-7-8-18(10-15(11)17)24(21,22)13-5-3-12(23-2)4-6-13/h3-6,9H,7-8,10H2,1-2H3,(H,19,20). The van der Waals surface area contributed by atoms with Crippen LogP contribution in [0.4, 0.5) is 0 Å². The Morgan fingerprint density at radius 2 is 1.92 bits per heavy atom. The van der Waals surface area contributed by atoms with Crippen LogP contribution in [0.5, 0.6) is 5.75 Å². The second-order valence-electron chi connectivity index (χ2n) is 5.63. The molecule has 0 atom stereocenters. The van der Waals surface area contributed by atoms with Crippen molar-refractivity contribution in [2.75, 3.05) is 13.7 Å². The fourth-order valence-electron chi connectivity index (χ4n) is 2.93. The van der Waals surface area contributed by atoms with E-state index in [-0.39, 0.29) is 17.1 Å². The third-order valence-electron chi connectivity index (χ3n) is 4.32. The van der Waals surface area contributed by atoms with E-state index in [1.54, 1.807) is 29.8 Å². The molecule has 0 saturated carbocycles. The number of ether oxygens (including phenoxy) is 1. The van der Waals surface area contributed by atoms with Gasteiger partial charge >= 0.3 is 5.97 Å². The van der Waals surface area contributed by atoms with Gasteiger partial charge in [-0.2, -0.15) is 4.31 Å². The molecule has 1 aliphatic rings. The van der Waals surface area contributed by atoms with Crippen molar-refractivity contribution in [3.05, 3.63) is 47.3 Å². The highest BCUT2D eigenvalue weighted by atomic mass is 32.2. The van der Waals surface area contributed by atoms with Crippen LogP contribution < -0.4 is 4.74 Å². The van der Waals surface area contributed by atoms with E-state index in [4.69, 9.17) is 4.74 Å². The van der Waals surface area contributed by atoms with Gasteiger partial charge in [0.05, 0.1) is 18.6 Å². The topological polar surface area (TPSA) is 88.8 Å². The average Bonchev–Trinajstić information content (AvgIpc) is 2.91. The molecule has 0 fully saturated rings. The Morgan fingerprint density at radius 1 is 1.25 bits per heavy atom. The van der Waals surface area contributed by atoms with Gasteiger partial charge in [-0.05, 0) is 42.3 Å². The first-order valence-corrected chi connectivity index (χ1v) is 8.83. The minimum absolute atomic E-state index is 0.160. The first kappa shape index (κ1) is 16.5. The largest absolute Gasteiger partial charge is 0.497 e. The summed E-state index contributed by atoms with van der Waals surface area (Å²) in [4.78, 5) is 11.4. The van der Waals surface area contributed by atoms with E-state index in [9.17, 15) is 18.3 Å². The zero-order valence-electron chi connectivity index (χ0n) is 13.4. The maximum atomic E-state index is 12.8. The SMILES string of the molecule is COc1ccc(S(=O)(=O)N2CCc3cc(C(=O)O)n(C)c3C2)cc1. The molecule has 128 valence electrons. The predicted octanol–water partition coefficient (Wildman–Crippen LogP) is 1.48. The van der Waals surface area contributed by atoms with Crippen LogP contribution >= 0.6 is 0 Å². The number of nitrogens with zero attached hydrogens (tertiary/aromatic N) is 2. The van der Waals surface area contributed by atoms with Gasteiger partial charge in [0.1, 0.15) is 11.4 Å². The van der Waals surface area contributed by atoms with E-state index in [1.807, 2.05) is 0 Å². The maximum Gasteiger partial charge on any atom is 0.352 e. The van der Waals surface area contributed by atoms with Gasteiger partial charge < -0.3 is 14.4 Å². The summed E-state index contributed by atoms with van der Waals surface area (Å²) in [6, 6.07) is 7.85. The molecule has 0 spiro atoms. The summed E-state index contributed by atoms with van der Waals surface area (Å²) < 4.78 is 33.6. The number of hydrogen-bond acceptors (Lipinski definition) is 4. The molecule has 7 nitrogen and oxygen atoms in total. The van der Waals surface area contributed by atoms with Crippen molar-refractivity contribution in [3.8, 4) is 5.75 Å². The second-order valence-corrected chi connectivity index (χ2v) is 7.57. The molecule has 2 aromatic rings. The molecule has 0 saturated heterocycles. The molecule has 3 rings (SSSR count). The summed E-state index contributed by atoms with van der Waals surface area (Å²) in [6.07, 6.45) is 0.492. The van der Waals surface area contributed by atoms with Gasteiger partial charge in [-0.3, -0.25) is 0 Å². The number of carboxylic acids is 1. The minimum Gasteiger partial charge on any atom is -0.497 e. The zero-order chi connectivity index (χ0) is 17.5. The van der Waals surface area contributed by atoms with Crippen molar-refractivity contribution in [3.63, 3.8) is 0 Å². The molecule has 0 unspecified atom stereocenters. The summed E-state index contributed by atoms with van der Waals surface area (Å²) in [7, 11) is -0.477. The van der Waals surface area contributed by atoms with Crippen LogP contribution in [0.25, 0.3) is 0 Å². The molecule has 2 heterocycles. The number of hydrogen-bond donors (Lipinski definition) is 1. The summed E-state index contributed by atoms with van der Waals surface area (Å²) in [5.41, 5.74) is 1.77. The molecule has 1 N–H and O–H groups in total. The first-order valence-electron chi connectivity index (χ1n) is 7.39. The van der Waals surface area contributed by atoms with Crippen LogP contribution in [0.3, 0.4) is 0 Å². The Morgan fingerprint density at radius 3 is 2.50 bits per heavy atom. The van der Waals surface area contributed by atoms with Crippen LogP contribution in [0, 0.1) is 0 Å². The van der Waals surface area contributed by atoms with Gasteiger partial charge in [0.25, 0.3) is 0 Å². The van der Waals surface area contributed by atoms with E-state index < -0.39 is 16.0 Å². The number of carbonyl (C=O) groups is 1. The van der Waals surface area contributed by atoms with Crippen LogP contribution in [0.2, 0.25) is 0 Å². The summed E-state index contributed by atoms with van der Waals surface area (Å²) >= 11 is 0. The van der Waals surface area contributed by atoms with E-state index in [2.05, 4.69) is 0 Å². The van der Waals surface area contributed by atoms with E-state index >= 15 is 0 Å². The molecule has 1 aromatic heterocycles. The monoisotopic (exact) mass is 350 g/mol. The molecule has 0 amide bonds. The Labute approximate surface area is 140 Å². The first-order chi connectivity index (χ1) is 11.3. The lowest BCUT2D eigenvalue weighted by Gasteiger charge is -2.27. The fraction of sp³-hybridized carbons (Fsp3) is 0.312. The van der Waals surface area contributed by atoms with E-state index in [0.29, 0.717) is 18.7 Å². The van der Waals surface area contributed by atoms with Crippen LogP contribution in [-0.2, 0) is 30.0 Å². The smallest absolute Gasteiger partial charge is 0.352 e. The molecule has 0 radical (unpaired) electrons. The Balaban J connectivity index is 1.92. The van der Waals surface area contributed by atoms with Crippen molar-refractivity contribution in [2.24, 2.45) is 7.05 Å². The lowest BCUT2D eigenvalue weighted by atomic mass is 10.1. The van der Waals surface area contributed by atoms with Gasteiger partial charge in [-0.25, -0.2) is 13.2 Å². The van der Waals surface area contributed by atoms with Gasteiger partial charge in [0.15, 0.2) is 0 Å². The Hall–Kier alpha value is -2.32. The third kappa shape index (κ3) is 2.67. The number of benzene rings is 1. The quantitative estimate of drug-likeness (QED) is 0.902. The van der Waals surface area contributed by atoms with E-state index in [1.165, 1.54) is 23.5 Å². The minimum atomic E-state index is -3.64. The van der Waals surface area contributed by atoms with Crippen molar-refractivity contribution in [1.29, 1.82) is 0 Å². The highest BCUT2D eigenvalue weighted by molar-refractivity contribution is 7.89. The zero-order valence-corrected chi connectivity index (χ0v) is 14.2. The summed E-state index contributed by atoms with van der Waals surface area (Å²) in [6.45, 7) is 0.484. The van der Waals surface area contributed by atoms with E-state index in [0.717, 1.165) is 11.3 Å². The number of methoxy groups -OCH3 is 1. The average molecular weight is 350 g/mol. The highest BCUT2D eigenvalue weighted by Gasteiger charge is 2.31. The lowest BCUT2D eigenvalue weighted by Crippen LogP contribution is -2.36. The Bertz CT molecular complexity index is 884. The van der Waals surface area contributed by atoms with Gasteiger partial charge in [-0.1, -0.05) is 0 Å². The van der Waals surface area contributed by atoms with Crippen LogP contribution in [-0.4, -0.2) is 42.0 Å². The third-order valence-corrected chi connectivity index (χ3v) is 6.18. The molecule has 24 heavy (non-hydrogen) atoms. The number of carboxylic acid groups (broad SMARTS) is 1. The number of rotatable bonds is 4. The number of aromatic nitrogens is 1. The molecule has 0 bridgehead atoms.